The lowest BCUT2D eigenvalue weighted by Crippen LogP contribution is -2.34. The number of esters is 2. The molecule has 12 heteroatoms. The van der Waals surface area contributed by atoms with E-state index in [4.69, 9.17) is 24.8 Å². The number of carbonyl (C=O) groups is 3. The van der Waals surface area contributed by atoms with Gasteiger partial charge in [0.25, 0.3) is 0 Å². The first-order chi connectivity index (χ1) is 32.1. The molecule has 66 heavy (non-hydrogen) atoms. The SMILES string of the molecule is CC/C=C\C/C=C\C/C=C\C/C=C\C/C=C\CCCCCC(=O)OC(COC(=O)CCCCCCCCCCCCCCCCCCCCCCCCC)COP(=O)(O)OCC(N)C(=O)O. The highest BCUT2D eigenvalue weighted by atomic mass is 31.2. The maximum Gasteiger partial charge on any atom is 0.472 e. The summed E-state index contributed by atoms with van der Waals surface area (Å²) in [5, 5.41) is 8.93. The minimum atomic E-state index is -4.73. The summed E-state index contributed by atoms with van der Waals surface area (Å²) in [6.45, 7) is 2.69. The van der Waals surface area contributed by atoms with Crippen LogP contribution in [-0.2, 0) is 37.5 Å². The number of rotatable bonds is 49. The lowest BCUT2D eigenvalue weighted by molar-refractivity contribution is -0.161. The number of hydrogen-bond acceptors (Lipinski definition) is 9. The number of hydrogen-bond donors (Lipinski definition) is 3. The van der Waals surface area contributed by atoms with Gasteiger partial charge in [0, 0.05) is 12.8 Å². The molecule has 3 atom stereocenters. The first-order valence-electron chi connectivity index (χ1n) is 26.3. The molecular formula is C54H96NO10P. The molecule has 0 aromatic carbocycles. The molecule has 382 valence electrons. The van der Waals surface area contributed by atoms with E-state index in [9.17, 15) is 23.8 Å². The molecule has 0 aliphatic rings. The molecule has 0 aromatic heterocycles. The van der Waals surface area contributed by atoms with Crippen LogP contribution in [0.25, 0.3) is 0 Å². The topological polar surface area (TPSA) is 172 Å². The van der Waals surface area contributed by atoms with Crippen molar-refractivity contribution in [3.63, 3.8) is 0 Å². The van der Waals surface area contributed by atoms with Crippen molar-refractivity contribution >= 4 is 25.7 Å². The molecule has 0 saturated heterocycles. The van der Waals surface area contributed by atoms with Crippen LogP contribution in [0.1, 0.15) is 232 Å². The maximum atomic E-state index is 12.7. The van der Waals surface area contributed by atoms with Gasteiger partial charge in [0.15, 0.2) is 6.10 Å². The molecule has 0 radical (unpaired) electrons. The summed E-state index contributed by atoms with van der Waals surface area (Å²) >= 11 is 0. The van der Waals surface area contributed by atoms with E-state index in [2.05, 4.69) is 79.1 Å². The molecule has 0 heterocycles. The Bertz CT molecular complexity index is 1350. The summed E-state index contributed by atoms with van der Waals surface area (Å²) in [6, 6.07) is -1.53. The normalized spacial score (nSPS) is 14.0. The number of ether oxygens (including phenoxy) is 2. The summed E-state index contributed by atoms with van der Waals surface area (Å²) in [7, 11) is -4.73. The third kappa shape index (κ3) is 47.7. The standard InChI is InChI=1S/C54H96NO10P/c1-3-5-7-9-11-13-15-17-19-21-23-24-25-26-28-29-31-33-35-37-39-41-43-45-52(56)62-47-50(48-63-66(60,61)64-49-51(55)54(58)59)65-53(57)46-44-42-40-38-36-34-32-30-27-22-20-18-16-14-12-10-8-6-4-2/h6,8,12,14,18,20,27,30,34,36,50-51H,3-5,7,9-11,13,15-17,19,21-26,28-29,31-33,35,37-49,55H2,1-2H3,(H,58,59)(H,60,61)/b8-6-,14-12-,20-18-,30-27-,36-34-. The Morgan fingerprint density at radius 2 is 0.848 bits per heavy atom. The van der Waals surface area contributed by atoms with Gasteiger partial charge >= 0.3 is 25.7 Å². The lowest BCUT2D eigenvalue weighted by atomic mass is 10.0. The molecule has 0 aliphatic heterocycles. The Morgan fingerprint density at radius 1 is 0.485 bits per heavy atom. The van der Waals surface area contributed by atoms with Crippen LogP contribution in [0.2, 0.25) is 0 Å². The van der Waals surface area contributed by atoms with Crippen molar-refractivity contribution < 1.29 is 47.5 Å². The second kappa shape index (κ2) is 48.6. The zero-order valence-corrected chi connectivity index (χ0v) is 42.7. The molecule has 0 bridgehead atoms. The van der Waals surface area contributed by atoms with Crippen LogP contribution in [-0.4, -0.2) is 59.9 Å². The number of carboxylic acids is 1. The predicted molar refractivity (Wildman–Crippen MR) is 272 cm³/mol. The Hall–Kier alpha value is -2.82. The Kier molecular flexibility index (Phi) is 46.6. The highest BCUT2D eigenvalue weighted by Crippen LogP contribution is 2.43. The number of allylic oxidation sites excluding steroid dienone is 10. The lowest BCUT2D eigenvalue weighted by Gasteiger charge is -2.20. The van der Waals surface area contributed by atoms with Gasteiger partial charge in [0.1, 0.15) is 12.6 Å². The number of nitrogens with two attached hydrogens (primary N) is 1. The minimum absolute atomic E-state index is 0.121. The van der Waals surface area contributed by atoms with Gasteiger partial charge in [-0.1, -0.05) is 222 Å². The monoisotopic (exact) mass is 950 g/mol. The Morgan fingerprint density at radius 3 is 1.27 bits per heavy atom. The van der Waals surface area contributed by atoms with Crippen molar-refractivity contribution in [3.05, 3.63) is 60.8 Å². The summed E-state index contributed by atoms with van der Waals surface area (Å²) in [5.74, 6) is -2.41. The van der Waals surface area contributed by atoms with Gasteiger partial charge in [0.05, 0.1) is 13.2 Å². The van der Waals surface area contributed by atoms with E-state index in [-0.39, 0.29) is 19.4 Å². The van der Waals surface area contributed by atoms with Crippen molar-refractivity contribution in [2.24, 2.45) is 5.73 Å². The van der Waals surface area contributed by atoms with Gasteiger partial charge in [-0.05, 0) is 57.8 Å². The van der Waals surface area contributed by atoms with Crippen LogP contribution in [0.15, 0.2) is 60.8 Å². The fraction of sp³-hybridized carbons (Fsp3) is 0.759. The maximum absolute atomic E-state index is 12.7. The summed E-state index contributed by atoms with van der Waals surface area (Å²) < 4.78 is 32.8. The van der Waals surface area contributed by atoms with Crippen LogP contribution in [0.3, 0.4) is 0 Å². The van der Waals surface area contributed by atoms with Crippen molar-refractivity contribution in [3.8, 4) is 0 Å². The Labute approximate surface area is 402 Å². The van der Waals surface area contributed by atoms with Gasteiger partial charge in [-0.25, -0.2) is 4.57 Å². The molecule has 3 unspecified atom stereocenters. The third-order valence-corrected chi connectivity index (χ3v) is 12.2. The zero-order chi connectivity index (χ0) is 48.4. The molecule has 0 aromatic rings. The fourth-order valence-electron chi connectivity index (χ4n) is 7.21. The average molecular weight is 950 g/mol. The summed E-state index contributed by atoms with van der Waals surface area (Å²) in [5.41, 5.74) is 5.35. The largest absolute Gasteiger partial charge is 0.480 e. The van der Waals surface area contributed by atoms with Gasteiger partial charge < -0.3 is 25.2 Å². The first-order valence-corrected chi connectivity index (χ1v) is 27.8. The molecule has 0 spiro atoms. The summed E-state index contributed by atoms with van der Waals surface area (Å²) in [4.78, 5) is 46.2. The third-order valence-electron chi connectivity index (χ3n) is 11.3. The van der Waals surface area contributed by atoms with Gasteiger partial charge in [-0.3, -0.25) is 23.4 Å². The van der Waals surface area contributed by atoms with Crippen molar-refractivity contribution in [2.45, 2.75) is 244 Å². The molecule has 0 rings (SSSR count). The van der Waals surface area contributed by atoms with Gasteiger partial charge in [-0.2, -0.15) is 0 Å². The minimum Gasteiger partial charge on any atom is -0.480 e. The molecular weight excluding hydrogens is 854 g/mol. The van der Waals surface area contributed by atoms with E-state index in [0.29, 0.717) is 12.8 Å². The smallest absolute Gasteiger partial charge is 0.472 e. The number of carboxylic acid groups (broad SMARTS) is 1. The quantitative estimate of drug-likeness (QED) is 0.0229. The highest BCUT2D eigenvalue weighted by molar-refractivity contribution is 7.47. The van der Waals surface area contributed by atoms with E-state index in [0.717, 1.165) is 70.6 Å². The first kappa shape index (κ1) is 63.2. The van der Waals surface area contributed by atoms with E-state index in [1.807, 2.05) is 0 Å². The van der Waals surface area contributed by atoms with E-state index >= 15 is 0 Å². The molecule has 0 aliphatic carbocycles. The number of carbonyl (C=O) groups excluding carboxylic acids is 2. The van der Waals surface area contributed by atoms with Gasteiger partial charge in [-0.15, -0.1) is 0 Å². The number of phosphoric ester groups is 1. The van der Waals surface area contributed by atoms with E-state index in [1.165, 1.54) is 122 Å². The molecule has 11 nitrogen and oxygen atoms in total. The number of aliphatic carboxylic acids is 1. The molecule has 0 saturated carbocycles. The van der Waals surface area contributed by atoms with Crippen LogP contribution >= 0.6 is 7.82 Å². The van der Waals surface area contributed by atoms with E-state index in [1.54, 1.807) is 0 Å². The van der Waals surface area contributed by atoms with Crippen LogP contribution in [0.4, 0.5) is 0 Å². The van der Waals surface area contributed by atoms with Crippen molar-refractivity contribution in [1.29, 1.82) is 0 Å². The molecule has 0 amide bonds. The zero-order valence-electron chi connectivity index (χ0n) is 41.8. The second-order valence-corrected chi connectivity index (χ2v) is 19.1. The second-order valence-electron chi connectivity index (χ2n) is 17.6. The fourth-order valence-corrected chi connectivity index (χ4v) is 7.99. The van der Waals surface area contributed by atoms with Crippen LogP contribution in [0.5, 0.6) is 0 Å². The van der Waals surface area contributed by atoms with Crippen molar-refractivity contribution in [2.75, 3.05) is 19.8 Å². The van der Waals surface area contributed by atoms with Crippen molar-refractivity contribution in [1.82, 2.24) is 0 Å². The van der Waals surface area contributed by atoms with E-state index < -0.39 is 51.1 Å². The number of phosphoric acid groups is 1. The molecule has 4 N–H and O–H groups in total. The predicted octanol–water partition coefficient (Wildman–Crippen LogP) is 15.1. The molecule has 0 fully saturated rings. The van der Waals surface area contributed by atoms with Crippen LogP contribution in [0, 0.1) is 0 Å². The summed E-state index contributed by atoms with van der Waals surface area (Å²) in [6.07, 6.45) is 58.6. The van der Waals surface area contributed by atoms with Gasteiger partial charge in [0.2, 0.25) is 0 Å². The number of unbranched alkanes of at least 4 members (excludes halogenated alkanes) is 25. The highest BCUT2D eigenvalue weighted by Gasteiger charge is 2.28. The Balaban J connectivity index is 4.25. The van der Waals surface area contributed by atoms with Crippen LogP contribution < -0.4 is 5.73 Å². The average Bonchev–Trinajstić information content (AvgIpc) is 3.30.